The van der Waals surface area contributed by atoms with Crippen LogP contribution in [0.5, 0.6) is 0 Å². The average Bonchev–Trinajstić information content (AvgIpc) is 2.31. The van der Waals surface area contributed by atoms with Crippen LogP contribution in [0.25, 0.3) is 0 Å². The maximum absolute atomic E-state index is 11.0. The molecule has 1 rings (SSSR count). The first-order chi connectivity index (χ1) is 8.39. The van der Waals surface area contributed by atoms with Gasteiger partial charge in [0, 0.05) is 20.1 Å². The minimum absolute atomic E-state index is 0.109. The van der Waals surface area contributed by atoms with Crippen molar-refractivity contribution in [2.45, 2.75) is 31.8 Å². The van der Waals surface area contributed by atoms with Crippen LogP contribution in [-0.4, -0.2) is 30.3 Å². The summed E-state index contributed by atoms with van der Waals surface area (Å²) in [5, 5.41) is 9.02. The van der Waals surface area contributed by atoms with Gasteiger partial charge in [0.05, 0.1) is 11.5 Å². The van der Waals surface area contributed by atoms with Gasteiger partial charge < -0.3 is 15.6 Å². The standard InChI is InChI=1S/C14H21NO3/c1-14(2,18-3)8-10-4-6-11(7-5-10)12(9-15)13(16)17/h4-7,12H,8-9,15H2,1-3H3,(H,16,17). The van der Waals surface area contributed by atoms with Crippen LogP contribution in [0.2, 0.25) is 0 Å². The van der Waals surface area contributed by atoms with Crippen molar-refractivity contribution >= 4 is 5.97 Å². The Labute approximate surface area is 108 Å². The summed E-state index contributed by atoms with van der Waals surface area (Å²) in [6.45, 7) is 4.14. The predicted molar refractivity (Wildman–Crippen MR) is 70.7 cm³/mol. The molecule has 0 aromatic heterocycles. The molecule has 0 heterocycles. The molecule has 0 aliphatic rings. The SMILES string of the molecule is COC(C)(C)Cc1ccc(C(CN)C(=O)O)cc1. The van der Waals surface area contributed by atoms with Gasteiger partial charge in [-0.1, -0.05) is 24.3 Å². The molecule has 0 aliphatic heterocycles. The first-order valence-corrected chi connectivity index (χ1v) is 5.96. The largest absolute Gasteiger partial charge is 0.481 e. The Hall–Kier alpha value is -1.39. The van der Waals surface area contributed by atoms with Crippen LogP contribution in [0.15, 0.2) is 24.3 Å². The summed E-state index contributed by atoms with van der Waals surface area (Å²) >= 11 is 0. The molecular weight excluding hydrogens is 230 g/mol. The molecule has 0 aliphatic carbocycles. The lowest BCUT2D eigenvalue weighted by atomic mass is 9.94. The highest BCUT2D eigenvalue weighted by molar-refractivity contribution is 5.76. The van der Waals surface area contributed by atoms with E-state index in [2.05, 4.69) is 0 Å². The van der Waals surface area contributed by atoms with Gasteiger partial charge in [0.15, 0.2) is 0 Å². The van der Waals surface area contributed by atoms with Gasteiger partial charge in [0.2, 0.25) is 0 Å². The van der Waals surface area contributed by atoms with Crippen molar-refractivity contribution in [1.82, 2.24) is 0 Å². The van der Waals surface area contributed by atoms with Crippen LogP contribution >= 0.6 is 0 Å². The van der Waals surface area contributed by atoms with E-state index in [1.165, 1.54) is 0 Å². The number of nitrogens with two attached hydrogens (primary N) is 1. The van der Waals surface area contributed by atoms with Crippen LogP contribution in [0.1, 0.15) is 30.9 Å². The van der Waals surface area contributed by atoms with Gasteiger partial charge in [-0.05, 0) is 25.0 Å². The van der Waals surface area contributed by atoms with Gasteiger partial charge in [0.25, 0.3) is 0 Å². The highest BCUT2D eigenvalue weighted by Crippen LogP contribution is 2.20. The lowest BCUT2D eigenvalue weighted by molar-refractivity contribution is -0.138. The second-order valence-electron chi connectivity index (χ2n) is 5.01. The minimum atomic E-state index is -0.887. The molecule has 0 bridgehead atoms. The first kappa shape index (κ1) is 14.7. The molecule has 4 heteroatoms. The number of methoxy groups -OCH3 is 1. The second kappa shape index (κ2) is 5.98. The Morgan fingerprint density at radius 3 is 2.33 bits per heavy atom. The van der Waals surface area contributed by atoms with E-state index in [0.717, 1.165) is 17.5 Å². The van der Waals surface area contributed by atoms with Crippen molar-refractivity contribution in [1.29, 1.82) is 0 Å². The Kier molecular flexibility index (Phi) is 4.87. The molecule has 100 valence electrons. The summed E-state index contributed by atoms with van der Waals surface area (Å²) < 4.78 is 5.36. The minimum Gasteiger partial charge on any atom is -0.481 e. The van der Waals surface area contributed by atoms with E-state index < -0.39 is 11.9 Å². The fourth-order valence-corrected chi connectivity index (χ4v) is 1.81. The summed E-state index contributed by atoms with van der Waals surface area (Å²) in [5.74, 6) is -1.52. The molecule has 4 nitrogen and oxygen atoms in total. The molecule has 0 amide bonds. The zero-order valence-electron chi connectivity index (χ0n) is 11.1. The molecular formula is C14H21NO3. The molecule has 0 spiro atoms. The summed E-state index contributed by atoms with van der Waals surface area (Å²) in [4.78, 5) is 11.0. The van der Waals surface area contributed by atoms with E-state index >= 15 is 0 Å². The molecule has 0 saturated heterocycles. The van der Waals surface area contributed by atoms with Gasteiger partial charge >= 0.3 is 5.97 Å². The van der Waals surface area contributed by atoms with Crippen LogP contribution < -0.4 is 5.73 Å². The molecule has 1 unspecified atom stereocenters. The normalized spacial score (nSPS) is 13.3. The van der Waals surface area contributed by atoms with E-state index in [-0.39, 0.29) is 12.1 Å². The smallest absolute Gasteiger partial charge is 0.312 e. The molecule has 0 radical (unpaired) electrons. The van der Waals surface area contributed by atoms with Crippen LogP contribution in [-0.2, 0) is 16.0 Å². The molecule has 0 saturated carbocycles. The Bertz CT molecular complexity index is 398. The van der Waals surface area contributed by atoms with Gasteiger partial charge in [-0.3, -0.25) is 4.79 Å². The number of benzene rings is 1. The fraction of sp³-hybridized carbons (Fsp3) is 0.500. The summed E-state index contributed by atoms with van der Waals surface area (Å²) in [6.07, 6.45) is 0.782. The van der Waals surface area contributed by atoms with Crippen molar-refractivity contribution in [3.05, 3.63) is 35.4 Å². The molecule has 1 aromatic carbocycles. The number of hydrogen-bond donors (Lipinski definition) is 2. The van der Waals surface area contributed by atoms with E-state index in [9.17, 15) is 4.79 Å². The number of hydrogen-bond acceptors (Lipinski definition) is 3. The van der Waals surface area contributed by atoms with Crippen molar-refractivity contribution in [3.63, 3.8) is 0 Å². The number of carbonyl (C=O) groups is 1. The third kappa shape index (κ3) is 3.82. The maximum Gasteiger partial charge on any atom is 0.312 e. The molecule has 0 fully saturated rings. The van der Waals surface area contributed by atoms with Gasteiger partial charge in [0.1, 0.15) is 0 Å². The molecule has 3 N–H and O–H groups in total. The van der Waals surface area contributed by atoms with E-state index in [4.69, 9.17) is 15.6 Å². The number of carboxylic acid groups (broad SMARTS) is 1. The van der Waals surface area contributed by atoms with Gasteiger partial charge in [-0.15, -0.1) is 0 Å². The Balaban J connectivity index is 2.83. The number of rotatable bonds is 6. The zero-order valence-corrected chi connectivity index (χ0v) is 11.1. The maximum atomic E-state index is 11.0. The van der Waals surface area contributed by atoms with Crippen molar-refractivity contribution < 1.29 is 14.6 Å². The summed E-state index contributed by atoms with van der Waals surface area (Å²) in [6, 6.07) is 7.52. The average molecular weight is 251 g/mol. The highest BCUT2D eigenvalue weighted by Gasteiger charge is 2.19. The van der Waals surface area contributed by atoms with E-state index in [1.807, 2.05) is 38.1 Å². The number of carboxylic acids is 1. The third-order valence-corrected chi connectivity index (χ3v) is 3.10. The summed E-state index contributed by atoms with van der Waals surface area (Å²) in [7, 11) is 1.68. The molecule has 1 aromatic rings. The second-order valence-corrected chi connectivity index (χ2v) is 5.01. The van der Waals surface area contributed by atoms with Crippen LogP contribution in [0.3, 0.4) is 0 Å². The lowest BCUT2D eigenvalue weighted by Crippen LogP contribution is -2.25. The zero-order chi connectivity index (χ0) is 13.8. The number of ether oxygens (including phenoxy) is 1. The first-order valence-electron chi connectivity index (χ1n) is 5.96. The van der Waals surface area contributed by atoms with Crippen molar-refractivity contribution in [3.8, 4) is 0 Å². The topological polar surface area (TPSA) is 72.5 Å². The van der Waals surface area contributed by atoms with Crippen molar-refractivity contribution in [2.24, 2.45) is 5.73 Å². The van der Waals surface area contributed by atoms with E-state index in [1.54, 1.807) is 7.11 Å². The van der Waals surface area contributed by atoms with Crippen molar-refractivity contribution in [2.75, 3.05) is 13.7 Å². The van der Waals surface area contributed by atoms with Crippen LogP contribution in [0, 0.1) is 0 Å². The predicted octanol–water partition coefficient (Wildman–Crippen LogP) is 1.78. The lowest BCUT2D eigenvalue weighted by Gasteiger charge is -2.23. The number of aliphatic carboxylic acids is 1. The highest BCUT2D eigenvalue weighted by atomic mass is 16.5. The molecule has 18 heavy (non-hydrogen) atoms. The monoisotopic (exact) mass is 251 g/mol. The van der Waals surface area contributed by atoms with Gasteiger partial charge in [-0.2, -0.15) is 0 Å². The van der Waals surface area contributed by atoms with Gasteiger partial charge in [-0.25, -0.2) is 0 Å². The quantitative estimate of drug-likeness (QED) is 0.808. The third-order valence-electron chi connectivity index (χ3n) is 3.10. The fourth-order valence-electron chi connectivity index (χ4n) is 1.81. The van der Waals surface area contributed by atoms with E-state index in [0.29, 0.717) is 0 Å². The Morgan fingerprint density at radius 2 is 1.94 bits per heavy atom. The molecule has 1 atom stereocenters. The van der Waals surface area contributed by atoms with Crippen LogP contribution in [0.4, 0.5) is 0 Å². The summed E-state index contributed by atoms with van der Waals surface area (Å²) in [5.41, 5.74) is 7.10. The Morgan fingerprint density at radius 1 is 1.39 bits per heavy atom.